The highest BCUT2D eigenvalue weighted by molar-refractivity contribution is 6.67. The molecule has 360 valence electrons. The number of alkyl carbamates (subject to hydrolysis) is 1. The first-order chi connectivity index (χ1) is 30.6. The van der Waals surface area contributed by atoms with E-state index in [4.69, 9.17) is 68.0 Å². The van der Waals surface area contributed by atoms with E-state index in [1.165, 1.54) is 39.8 Å². The molecule has 0 radical (unpaired) electrons. The minimum Gasteiger partial charge on any atom is -0.456 e. The quantitative estimate of drug-likeness (QED) is 0.0954. The number of ketones is 1. The number of aliphatic hydroxyl groups excluding tert-OH is 2. The molecule has 66 heavy (non-hydrogen) atoms. The van der Waals surface area contributed by atoms with Gasteiger partial charge in [0, 0.05) is 25.2 Å². The summed E-state index contributed by atoms with van der Waals surface area (Å²) in [5, 5.41) is 40.4. The van der Waals surface area contributed by atoms with Crippen molar-refractivity contribution in [3.63, 3.8) is 0 Å². The number of amides is 1. The van der Waals surface area contributed by atoms with Gasteiger partial charge in [-0.05, 0) is 63.5 Å². The zero-order valence-electron chi connectivity index (χ0n) is 37.5. The summed E-state index contributed by atoms with van der Waals surface area (Å²) in [6.07, 6.45) is -13.9. The lowest BCUT2D eigenvalue weighted by Gasteiger charge is -2.67. The van der Waals surface area contributed by atoms with Gasteiger partial charge in [0.25, 0.3) is 0 Å². The maximum atomic E-state index is 15.5. The Hall–Kier alpha value is -4.49. The third-order valence-electron chi connectivity index (χ3n) is 13.1. The number of benzene rings is 2. The number of esters is 3. The number of nitrogens with one attached hydrogen (secondary N) is 1. The molecule has 0 aromatic heterocycles. The maximum absolute atomic E-state index is 15.5. The second-order valence-electron chi connectivity index (χ2n) is 18.8. The summed E-state index contributed by atoms with van der Waals surface area (Å²) in [5.41, 5.74) is -9.09. The molecule has 6 rings (SSSR count). The van der Waals surface area contributed by atoms with Crippen LogP contribution in [-0.2, 0) is 47.5 Å². The zero-order valence-corrected chi connectivity index (χ0v) is 39.8. The van der Waals surface area contributed by atoms with E-state index in [1.807, 2.05) is 0 Å². The number of hydrogen-bond donors (Lipinski definition) is 4. The van der Waals surface area contributed by atoms with Crippen LogP contribution in [0.15, 0.2) is 71.8 Å². The fraction of sp³-hybridized carbons (Fsp3) is 0.565. The third-order valence-corrected chi connectivity index (χ3v) is 13.5. The van der Waals surface area contributed by atoms with Crippen molar-refractivity contribution in [3.05, 3.63) is 82.9 Å². The second-order valence-corrected chi connectivity index (χ2v) is 21.3. The van der Waals surface area contributed by atoms with Gasteiger partial charge in [-0.25, -0.2) is 19.2 Å². The van der Waals surface area contributed by atoms with E-state index >= 15 is 4.79 Å². The number of ether oxygens (including phenoxy) is 7. The molecule has 4 aliphatic rings. The van der Waals surface area contributed by atoms with E-state index < -0.39 is 136 Å². The summed E-state index contributed by atoms with van der Waals surface area (Å²) in [7, 11) is 0. The molecular weight excluding hydrogens is 929 g/mol. The number of Topliss-reactive ketones (excluding diaryl/α,β-unsaturated/α-hetero) is 1. The largest absolute Gasteiger partial charge is 0.508 e. The number of alkyl halides is 3. The average Bonchev–Trinajstić information content (AvgIpc) is 3.22. The summed E-state index contributed by atoms with van der Waals surface area (Å²) >= 11 is 17.5. The van der Waals surface area contributed by atoms with Crippen molar-refractivity contribution in [1.82, 2.24) is 5.32 Å². The van der Waals surface area contributed by atoms with Gasteiger partial charge in [0.05, 0.1) is 29.5 Å². The lowest BCUT2D eigenvalue weighted by molar-refractivity contribution is -0.346. The fourth-order valence-corrected chi connectivity index (χ4v) is 10.2. The Morgan fingerprint density at radius 2 is 1.55 bits per heavy atom. The molecule has 11 atom stereocenters. The Balaban J connectivity index is 1.52. The van der Waals surface area contributed by atoms with E-state index in [1.54, 1.807) is 69.3 Å². The number of halogens is 3. The minimum atomic E-state index is -2.49. The highest BCUT2D eigenvalue weighted by Crippen LogP contribution is 2.64. The Morgan fingerprint density at radius 3 is 2.09 bits per heavy atom. The maximum Gasteiger partial charge on any atom is 0.508 e. The summed E-state index contributed by atoms with van der Waals surface area (Å²) in [6.45, 7) is 10.6. The molecule has 0 unspecified atom stereocenters. The number of aliphatic hydroxyl groups is 3. The Kier molecular flexibility index (Phi) is 14.3. The minimum absolute atomic E-state index is 0.00849. The first kappa shape index (κ1) is 50.9. The van der Waals surface area contributed by atoms with Gasteiger partial charge in [-0.3, -0.25) is 9.59 Å². The lowest BCUT2D eigenvalue weighted by Crippen LogP contribution is -2.82. The molecular formula is C46H54Cl3NO16. The van der Waals surface area contributed by atoms with Crippen LogP contribution < -0.4 is 5.32 Å². The molecule has 0 spiro atoms. The van der Waals surface area contributed by atoms with Gasteiger partial charge in [-0.2, -0.15) is 0 Å². The van der Waals surface area contributed by atoms with Crippen LogP contribution in [0.25, 0.3) is 0 Å². The zero-order chi connectivity index (χ0) is 48.9. The normalized spacial score (nSPS) is 31.2. The van der Waals surface area contributed by atoms with Crippen molar-refractivity contribution in [2.75, 3.05) is 13.2 Å². The second kappa shape index (κ2) is 18.5. The van der Waals surface area contributed by atoms with Gasteiger partial charge in [0.15, 0.2) is 17.5 Å². The molecule has 1 heterocycles. The van der Waals surface area contributed by atoms with Gasteiger partial charge >= 0.3 is 30.2 Å². The summed E-state index contributed by atoms with van der Waals surface area (Å²) < 4.78 is 38.7. The van der Waals surface area contributed by atoms with Crippen molar-refractivity contribution in [2.45, 2.75) is 131 Å². The van der Waals surface area contributed by atoms with Crippen LogP contribution in [0.5, 0.6) is 0 Å². The standard InChI is InChI=1S/C46H54Cl3NO16/c1-23-27(62-38(56)33(53)31(25-15-11-9-12-16-25)50-39(57)66-41(3,4)5)20-45(59)36(64-37(55)26-17-13-10-14-18-26)34-43(8,35(54)32(52)30(23)42(45,6)7)28(63-40(58)61-22-46(47,48)49)19-29-44(34,21-60-29)65-24(2)51/h9-18,27-29,31-34,36,52-53,59H,19-22H2,1-8H3,(H,50,57)/t27-,28-,29+,31-,32+,33+,34-,36-,43+,44-,45+/m0/s1. The van der Waals surface area contributed by atoms with Gasteiger partial charge in [0.2, 0.25) is 3.79 Å². The lowest BCUT2D eigenvalue weighted by atomic mass is 9.44. The van der Waals surface area contributed by atoms with E-state index in [2.05, 4.69) is 5.32 Å². The summed E-state index contributed by atoms with van der Waals surface area (Å²) in [5.74, 6) is -5.89. The molecule has 2 bridgehead atoms. The topological polar surface area (TPSA) is 240 Å². The van der Waals surface area contributed by atoms with Crippen LogP contribution in [-0.4, -0.2) is 122 Å². The van der Waals surface area contributed by atoms with Gasteiger partial charge in [-0.15, -0.1) is 0 Å². The van der Waals surface area contributed by atoms with Gasteiger partial charge in [-0.1, -0.05) is 97.2 Å². The first-order valence-corrected chi connectivity index (χ1v) is 22.3. The van der Waals surface area contributed by atoms with Crippen LogP contribution in [0.3, 0.4) is 0 Å². The number of carbonyl (C=O) groups excluding carboxylic acids is 6. The molecule has 1 amide bonds. The van der Waals surface area contributed by atoms with Crippen molar-refractivity contribution in [1.29, 1.82) is 0 Å². The SMILES string of the molecule is CC(=O)O[C@@]12CO[C@@H]1C[C@H](OC(=O)OCC(Cl)(Cl)Cl)[C@@]1(C)C(=O)[C@H](O)C3=C(C)[C@@H](OC(=O)[C@H](O)[C@@H](NC(=O)OC(C)(C)C)c4ccccc4)C[C@@](O)([C@@H](OC(=O)c4ccccc4)[C@H]21)C3(C)C. The molecule has 3 aliphatic carbocycles. The number of fused-ring (bicyclic) bond motifs is 5. The van der Waals surface area contributed by atoms with Crippen LogP contribution in [0.2, 0.25) is 0 Å². The smallest absolute Gasteiger partial charge is 0.456 e. The van der Waals surface area contributed by atoms with Crippen molar-refractivity contribution in [2.24, 2.45) is 16.7 Å². The Labute approximate surface area is 396 Å². The molecule has 2 aromatic carbocycles. The molecule has 2 saturated carbocycles. The van der Waals surface area contributed by atoms with E-state index in [9.17, 15) is 39.3 Å². The molecule has 3 fully saturated rings. The highest BCUT2D eigenvalue weighted by atomic mass is 35.6. The number of carbonyl (C=O) groups is 6. The van der Waals surface area contributed by atoms with E-state index in [0.29, 0.717) is 5.56 Å². The molecule has 1 aliphatic heterocycles. The van der Waals surface area contributed by atoms with Gasteiger partial charge < -0.3 is 53.8 Å². The van der Waals surface area contributed by atoms with Crippen molar-refractivity contribution >= 4 is 70.7 Å². The molecule has 1 saturated heterocycles. The van der Waals surface area contributed by atoms with E-state index in [0.717, 1.165) is 6.92 Å². The Morgan fingerprint density at radius 1 is 0.939 bits per heavy atom. The Bertz CT molecular complexity index is 2250. The van der Waals surface area contributed by atoms with Crippen LogP contribution >= 0.6 is 34.8 Å². The summed E-state index contributed by atoms with van der Waals surface area (Å²) in [4.78, 5) is 83.6. The molecule has 4 N–H and O–H groups in total. The summed E-state index contributed by atoms with van der Waals surface area (Å²) in [6, 6.07) is 14.3. The van der Waals surface area contributed by atoms with Crippen molar-refractivity contribution in [3.8, 4) is 0 Å². The van der Waals surface area contributed by atoms with Crippen LogP contribution in [0, 0.1) is 16.7 Å². The molecule has 17 nitrogen and oxygen atoms in total. The molecule has 2 aromatic rings. The number of rotatable bonds is 10. The molecule has 20 heteroatoms. The van der Waals surface area contributed by atoms with Gasteiger partial charge in [0.1, 0.15) is 48.3 Å². The monoisotopic (exact) mass is 981 g/mol. The van der Waals surface area contributed by atoms with Crippen LogP contribution in [0.1, 0.15) is 90.2 Å². The fourth-order valence-electron chi connectivity index (χ4n) is 10.0. The first-order valence-electron chi connectivity index (χ1n) is 21.1. The number of hydrogen-bond acceptors (Lipinski definition) is 16. The average molecular weight is 983 g/mol. The van der Waals surface area contributed by atoms with E-state index in [-0.39, 0.29) is 23.1 Å². The predicted molar refractivity (Wildman–Crippen MR) is 234 cm³/mol. The van der Waals surface area contributed by atoms with Crippen molar-refractivity contribution < 1.29 is 77.2 Å². The van der Waals surface area contributed by atoms with Crippen LogP contribution in [0.4, 0.5) is 9.59 Å². The third kappa shape index (κ3) is 9.62. The highest BCUT2D eigenvalue weighted by Gasteiger charge is 2.79. The predicted octanol–water partition coefficient (Wildman–Crippen LogP) is 5.79.